The quantitative estimate of drug-likeness (QED) is 0.492. The maximum absolute atomic E-state index is 3.66. The van der Waals surface area contributed by atoms with Gasteiger partial charge in [0.2, 0.25) is 0 Å². The molecular weight excluding hydrogens is 396 g/mol. The van der Waals surface area contributed by atoms with Crippen molar-refractivity contribution in [2.24, 2.45) is 0 Å². The van der Waals surface area contributed by atoms with Gasteiger partial charge in [0.25, 0.3) is 0 Å². The minimum Gasteiger partial charge on any atom is -0.375 e. The fourth-order valence-electron chi connectivity index (χ4n) is 3.68. The Balaban J connectivity index is 2.21. The van der Waals surface area contributed by atoms with Crippen LogP contribution in [0.15, 0.2) is 53.0 Å². The normalized spacial score (nSPS) is 13.7. The second-order valence-electron chi connectivity index (χ2n) is 7.54. The molecule has 2 aromatic rings. The average molecular weight is 430 g/mol. The third-order valence-electron chi connectivity index (χ3n) is 5.47. The Labute approximate surface area is 173 Å². The second kappa shape index (κ2) is 10.1. The maximum atomic E-state index is 3.66. The minimum absolute atomic E-state index is 0.138. The van der Waals surface area contributed by atoms with Crippen LogP contribution in [0.3, 0.4) is 0 Å². The molecule has 2 rings (SSSR count). The molecule has 0 saturated carbocycles. The van der Waals surface area contributed by atoms with Crippen molar-refractivity contribution in [2.45, 2.75) is 45.4 Å². The summed E-state index contributed by atoms with van der Waals surface area (Å²) in [4.78, 5) is 2.25. The highest BCUT2D eigenvalue weighted by Crippen LogP contribution is 2.37. The predicted octanol–water partition coefficient (Wildman–Crippen LogP) is 5.89. The number of allylic oxidation sites excluding steroid dienone is 1. The zero-order chi connectivity index (χ0) is 19.9. The van der Waals surface area contributed by atoms with Crippen LogP contribution in [-0.2, 0) is 5.41 Å². The number of anilines is 1. The average Bonchev–Trinajstić information content (AvgIpc) is 2.68. The van der Waals surface area contributed by atoms with Crippen LogP contribution in [0.5, 0.6) is 0 Å². The molecule has 2 aromatic carbocycles. The first-order valence-corrected chi connectivity index (χ1v) is 10.8. The lowest BCUT2D eigenvalue weighted by Gasteiger charge is -2.29. The molecule has 1 atom stereocenters. The number of benzene rings is 2. The van der Waals surface area contributed by atoms with Crippen LogP contribution >= 0.6 is 15.9 Å². The molecule has 2 nitrogen and oxygen atoms in total. The van der Waals surface area contributed by atoms with Crippen LogP contribution in [0.4, 0.5) is 11.4 Å². The van der Waals surface area contributed by atoms with Crippen molar-refractivity contribution in [3.05, 3.63) is 64.1 Å². The molecule has 0 radical (unpaired) electrons. The van der Waals surface area contributed by atoms with Gasteiger partial charge in [-0.25, -0.2) is 0 Å². The summed E-state index contributed by atoms with van der Waals surface area (Å²) in [5.41, 5.74) is 5.45. The summed E-state index contributed by atoms with van der Waals surface area (Å²) in [6, 6.07) is 15.5. The van der Waals surface area contributed by atoms with Crippen LogP contribution in [0.25, 0.3) is 6.08 Å². The van der Waals surface area contributed by atoms with Crippen molar-refractivity contribution in [2.75, 3.05) is 25.5 Å². The smallest absolute Gasteiger partial charge is 0.133 e. The van der Waals surface area contributed by atoms with E-state index in [2.05, 4.69) is 116 Å². The molecule has 0 aliphatic carbocycles. The highest BCUT2D eigenvalue weighted by atomic mass is 79.9. The summed E-state index contributed by atoms with van der Waals surface area (Å²) in [5.74, 6) is 0. The molecular formula is C24H34BrN2+. The molecule has 0 saturated heterocycles. The maximum Gasteiger partial charge on any atom is 0.133 e. The van der Waals surface area contributed by atoms with Gasteiger partial charge >= 0.3 is 0 Å². The van der Waals surface area contributed by atoms with Crippen molar-refractivity contribution in [3.8, 4) is 0 Å². The number of hydrogen-bond acceptors (Lipinski definition) is 1. The monoisotopic (exact) mass is 429 g/mol. The zero-order valence-corrected chi connectivity index (χ0v) is 19.0. The van der Waals surface area contributed by atoms with Gasteiger partial charge < -0.3 is 10.2 Å². The predicted molar refractivity (Wildman–Crippen MR) is 123 cm³/mol. The van der Waals surface area contributed by atoms with Gasteiger partial charge in [-0.15, -0.1) is 0 Å². The highest BCUT2D eigenvalue weighted by Gasteiger charge is 2.28. The van der Waals surface area contributed by atoms with Crippen molar-refractivity contribution >= 4 is 33.4 Å². The summed E-state index contributed by atoms with van der Waals surface area (Å²) in [5, 5.41) is 2.22. The van der Waals surface area contributed by atoms with E-state index in [9.17, 15) is 0 Å². The first-order valence-electron chi connectivity index (χ1n) is 10.0. The largest absolute Gasteiger partial charge is 0.375 e. The third-order valence-corrected chi connectivity index (χ3v) is 5.96. The fourth-order valence-corrected chi connectivity index (χ4v) is 4.04. The van der Waals surface area contributed by atoms with Gasteiger partial charge in [0, 0.05) is 40.8 Å². The zero-order valence-electron chi connectivity index (χ0n) is 17.4. The summed E-state index contributed by atoms with van der Waals surface area (Å²) < 4.78 is 1.16. The van der Waals surface area contributed by atoms with E-state index in [-0.39, 0.29) is 5.41 Å². The van der Waals surface area contributed by atoms with Gasteiger partial charge in [-0.1, -0.05) is 60.5 Å². The Morgan fingerprint density at radius 1 is 1.11 bits per heavy atom. The number of quaternary nitrogens is 1. The topological polar surface area (TPSA) is 19.9 Å². The summed E-state index contributed by atoms with van der Waals surface area (Å²) >= 11 is 3.66. The van der Waals surface area contributed by atoms with E-state index in [0.29, 0.717) is 0 Å². The van der Waals surface area contributed by atoms with E-state index in [0.717, 1.165) is 17.4 Å². The molecule has 0 fully saturated rings. The Morgan fingerprint density at radius 2 is 1.81 bits per heavy atom. The molecule has 0 heterocycles. The number of nitrogens with zero attached hydrogens (tertiary/aromatic N) is 1. The number of nitrogens with two attached hydrogens (primary N) is 1. The molecule has 3 heteroatoms. The van der Waals surface area contributed by atoms with E-state index in [1.165, 1.54) is 35.3 Å². The molecule has 27 heavy (non-hydrogen) atoms. The van der Waals surface area contributed by atoms with Crippen LogP contribution in [0.1, 0.15) is 51.2 Å². The summed E-state index contributed by atoms with van der Waals surface area (Å²) in [7, 11) is 4.26. The molecule has 0 amide bonds. The number of hydrogen-bond donors (Lipinski definition) is 1. The molecule has 0 spiro atoms. The minimum atomic E-state index is 0.138. The van der Waals surface area contributed by atoms with Crippen molar-refractivity contribution in [1.29, 1.82) is 0 Å². The van der Waals surface area contributed by atoms with Crippen molar-refractivity contribution < 1.29 is 5.32 Å². The van der Waals surface area contributed by atoms with Crippen LogP contribution in [0, 0.1) is 0 Å². The molecule has 146 valence electrons. The van der Waals surface area contributed by atoms with Gasteiger partial charge in [-0.2, -0.15) is 0 Å². The summed E-state index contributed by atoms with van der Waals surface area (Å²) in [6.07, 6.45) is 7.99. The Kier molecular flexibility index (Phi) is 8.12. The second-order valence-corrected chi connectivity index (χ2v) is 8.46. The Morgan fingerprint density at radius 3 is 2.41 bits per heavy atom. The molecule has 2 N–H and O–H groups in total. The SMILES string of the molecule is CCCC(C)(C/C=C/c1ccc(N(C)CC)cc1)c1cc(Br)ccc1[NH2+]C. The van der Waals surface area contributed by atoms with Crippen molar-refractivity contribution in [3.63, 3.8) is 0 Å². The Bertz CT molecular complexity index is 751. The molecule has 0 aromatic heterocycles. The van der Waals surface area contributed by atoms with E-state index < -0.39 is 0 Å². The van der Waals surface area contributed by atoms with E-state index in [4.69, 9.17) is 0 Å². The van der Waals surface area contributed by atoms with Gasteiger partial charge in [-0.3, -0.25) is 0 Å². The van der Waals surface area contributed by atoms with Crippen molar-refractivity contribution in [1.82, 2.24) is 0 Å². The number of halogens is 1. The Hall–Kier alpha value is -1.58. The molecule has 0 aliphatic heterocycles. The summed E-state index contributed by atoms with van der Waals surface area (Å²) in [6.45, 7) is 7.87. The lowest BCUT2D eigenvalue weighted by molar-refractivity contribution is -0.540. The first kappa shape index (κ1) is 21.7. The van der Waals surface area contributed by atoms with Gasteiger partial charge in [-0.05, 0) is 49.6 Å². The molecule has 0 bridgehead atoms. The lowest BCUT2D eigenvalue weighted by Crippen LogP contribution is -2.73. The lowest BCUT2D eigenvalue weighted by atomic mass is 9.75. The molecule has 1 unspecified atom stereocenters. The van der Waals surface area contributed by atoms with E-state index in [1.54, 1.807) is 0 Å². The standard InChI is InChI=1S/C24H33BrN2/c1-6-16-24(3,22-18-20(25)12-15-23(22)26-4)17-8-9-19-10-13-21(14-11-19)27(5)7-2/h8-15,18,26H,6-7,16-17H2,1-5H3/p+1/b9-8+. The van der Waals surface area contributed by atoms with Gasteiger partial charge in [0.15, 0.2) is 0 Å². The molecule has 0 aliphatic rings. The van der Waals surface area contributed by atoms with E-state index >= 15 is 0 Å². The van der Waals surface area contributed by atoms with Gasteiger partial charge in [0.05, 0.1) is 7.05 Å². The number of rotatable bonds is 9. The van der Waals surface area contributed by atoms with E-state index in [1.807, 2.05) is 0 Å². The highest BCUT2D eigenvalue weighted by molar-refractivity contribution is 9.10. The third kappa shape index (κ3) is 5.70. The first-order chi connectivity index (χ1) is 12.9. The van der Waals surface area contributed by atoms with Gasteiger partial charge in [0.1, 0.15) is 5.69 Å². The fraction of sp³-hybridized carbons (Fsp3) is 0.417. The van der Waals surface area contributed by atoms with Crippen LogP contribution in [-0.4, -0.2) is 20.6 Å². The van der Waals surface area contributed by atoms with Crippen LogP contribution in [0.2, 0.25) is 0 Å². The van der Waals surface area contributed by atoms with Crippen LogP contribution < -0.4 is 10.2 Å².